The quantitative estimate of drug-likeness (QED) is 0.573. The van der Waals surface area contributed by atoms with E-state index in [9.17, 15) is 0 Å². The van der Waals surface area contributed by atoms with Gasteiger partial charge in [0.15, 0.2) is 0 Å². The molecule has 1 rings (SSSR count). The van der Waals surface area contributed by atoms with Gasteiger partial charge in [0.25, 0.3) is 0 Å². The molecule has 0 nitrogen and oxygen atoms in total. The Morgan fingerprint density at radius 1 is 1.57 bits per heavy atom. The smallest absolute Gasteiger partial charge is 0.0238 e. The van der Waals surface area contributed by atoms with Crippen LogP contribution in [0.15, 0.2) is 60.3 Å². The Balaban J connectivity index is 2.81. The van der Waals surface area contributed by atoms with Crippen LogP contribution < -0.4 is 0 Å². The van der Waals surface area contributed by atoms with Crippen molar-refractivity contribution in [3.05, 3.63) is 60.3 Å². The summed E-state index contributed by atoms with van der Waals surface area (Å²) in [6.45, 7) is 5.86. The van der Waals surface area contributed by atoms with Crippen LogP contribution in [0.2, 0.25) is 0 Å². The van der Waals surface area contributed by atoms with Crippen LogP contribution in [0.5, 0.6) is 0 Å². The van der Waals surface area contributed by atoms with E-state index in [0.717, 1.165) is 19.3 Å². The van der Waals surface area contributed by atoms with Crippen LogP contribution in [0, 0.1) is 0 Å². The molecule has 0 fully saturated rings. The summed E-state index contributed by atoms with van der Waals surface area (Å²) in [6, 6.07) is 0. The van der Waals surface area contributed by atoms with Crippen molar-refractivity contribution in [2.75, 3.05) is 0 Å². The molecule has 0 aromatic carbocycles. The van der Waals surface area contributed by atoms with E-state index < -0.39 is 0 Å². The predicted octanol–water partition coefficient (Wildman–Crippen LogP) is 4.34. The maximum atomic E-state index is 3.69. The first-order valence-corrected chi connectivity index (χ1v) is 5.23. The highest BCUT2D eigenvalue weighted by atomic mass is 14.1. The van der Waals surface area contributed by atoms with E-state index in [2.05, 4.69) is 43.9 Å². The molecule has 0 radical (unpaired) electrons. The van der Waals surface area contributed by atoms with Crippen LogP contribution in [-0.4, -0.2) is 0 Å². The molecule has 0 heterocycles. The monoisotopic (exact) mass is 186 g/mol. The van der Waals surface area contributed by atoms with Crippen LogP contribution in [0.25, 0.3) is 0 Å². The number of rotatable bonds is 4. The number of hydrogen-bond acceptors (Lipinski definition) is 0. The van der Waals surface area contributed by atoms with Crippen LogP contribution in [0.4, 0.5) is 0 Å². The minimum Gasteiger partial charge on any atom is -0.0991 e. The van der Waals surface area contributed by atoms with E-state index in [4.69, 9.17) is 0 Å². The molecule has 1 aliphatic carbocycles. The molecule has 74 valence electrons. The standard InChI is InChI=1S/C14H18/c1-3-5-10-13(9-4-2)14-11-7-6-8-12-14/h3,5-7,9-11H,1,4,8,12H2,2H3/b10-5-,13-9+. The van der Waals surface area contributed by atoms with E-state index in [1.165, 1.54) is 11.1 Å². The second-order valence-electron chi connectivity index (χ2n) is 3.32. The van der Waals surface area contributed by atoms with Crippen molar-refractivity contribution >= 4 is 0 Å². The number of allylic oxidation sites excluding steroid dienone is 9. The average molecular weight is 186 g/mol. The summed E-state index contributed by atoms with van der Waals surface area (Å²) in [5.41, 5.74) is 2.78. The van der Waals surface area contributed by atoms with Gasteiger partial charge in [0.1, 0.15) is 0 Å². The molecule has 0 aromatic heterocycles. The van der Waals surface area contributed by atoms with Gasteiger partial charge in [-0.2, -0.15) is 0 Å². The maximum absolute atomic E-state index is 3.69. The predicted molar refractivity (Wildman–Crippen MR) is 64.2 cm³/mol. The zero-order chi connectivity index (χ0) is 10.2. The molecule has 0 saturated heterocycles. The summed E-state index contributed by atoms with van der Waals surface area (Å²) >= 11 is 0. The zero-order valence-corrected chi connectivity index (χ0v) is 8.87. The molecule has 0 unspecified atom stereocenters. The van der Waals surface area contributed by atoms with Crippen LogP contribution in [-0.2, 0) is 0 Å². The molecule has 0 atom stereocenters. The average Bonchev–Trinajstić information content (AvgIpc) is 2.25. The fourth-order valence-electron chi connectivity index (χ4n) is 1.54. The van der Waals surface area contributed by atoms with Crippen molar-refractivity contribution in [1.82, 2.24) is 0 Å². The van der Waals surface area contributed by atoms with Crippen molar-refractivity contribution < 1.29 is 0 Å². The third-order valence-corrected chi connectivity index (χ3v) is 2.22. The number of hydrogen-bond donors (Lipinski definition) is 0. The Labute approximate surface area is 87.0 Å². The Morgan fingerprint density at radius 2 is 2.43 bits per heavy atom. The van der Waals surface area contributed by atoms with Crippen molar-refractivity contribution in [2.45, 2.75) is 26.2 Å². The summed E-state index contributed by atoms with van der Waals surface area (Å²) in [7, 11) is 0. The van der Waals surface area contributed by atoms with E-state index >= 15 is 0 Å². The highest BCUT2D eigenvalue weighted by molar-refractivity contribution is 5.43. The lowest BCUT2D eigenvalue weighted by Gasteiger charge is -2.09. The Kier molecular flexibility index (Phi) is 4.77. The Morgan fingerprint density at radius 3 is 3.00 bits per heavy atom. The Bertz CT molecular complexity index is 298. The van der Waals surface area contributed by atoms with Gasteiger partial charge >= 0.3 is 0 Å². The summed E-state index contributed by atoms with van der Waals surface area (Å²) in [6.07, 6.45) is 18.2. The third-order valence-electron chi connectivity index (χ3n) is 2.22. The van der Waals surface area contributed by atoms with Gasteiger partial charge in [-0.1, -0.05) is 56.0 Å². The topological polar surface area (TPSA) is 0 Å². The van der Waals surface area contributed by atoms with Crippen molar-refractivity contribution in [3.8, 4) is 0 Å². The largest absolute Gasteiger partial charge is 0.0991 e. The molecule has 0 N–H and O–H groups in total. The van der Waals surface area contributed by atoms with Crippen molar-refractivity contribution in [3.63, 3.8) is 0 Å². The highest BCUT2D eigenvalue weighted by Crippen LogP contribution is 2.21. The lowest BCUT2D eigenvalue weighted by atomic mass is 9.96. The summed E-state index contributed by atoms with van der Waals surface area (Å²) in [5, 5.41) is 0. The van der Waals surface area contributed by atoms with Gasteiger partial charge in [-0.15, -0.1) is 0 Å². The van der Waals surface area contributed by atoms with E-state index in [1.807, 2.05) is 12.2 Å². The van der Waals surface area contributed by atoms with Crippen LogP contribution >= 0.6 is 0 Å². The molecule has 0 spiro atoms. The molecule has 0 bridgehead atoms. The van der Waals surface area contributed by atoms with Gasteiger partial charge in [0, 0.05) is 0 Å². The van der Waals surface area contributed by atoms with E-state index in [1.54, 1.807) is 0 Å². The second kappa shape index (κ2) is 6.20. The molecule has 0 saturated carbocycles. The molecule has 0 heteroatoms. The molecular weight excluding hydrogens is 168 g/mol. The molecule has 1 aliphatic rings. The molecule has 14 heavy (non-hydrogen) atoms. The molecule has 0 aliphatic heterocycles. The molecule has 0 aromatic rings. The fourth-order valence-corrected chi connectivity index (χ4v) is 1.54. The second-order valence-corrected chi connectivity index (χ2v) is 3.32. The fraction of sp³-hybridized carbons (Fsp3) is 0.286. The van der Waals surface area contributed by atoms with Gasteiger partial charge in [0.05, 0.1) is 0 Å². The highest BCUT2D eigenvalue weighted by Gasteiger charge is 2.02. The van der Waals surface area contributed by atoms with Gasteiger partial charge in [-0.3, -0.25) is 0 Å². The lowest BCUT2D eigenvalue weighted by Crippen LogP contribution is -1.90. The maximum Gasteiger partial charge on any atom is -0.0238 e. The first-order valence-electron chi connectivity index (χ1n) is 5.23. The lowest BCUT2D eigenvalue weighted by molar-refractivity contribution is 0.973. The first-order chi connectivity index (χ1) is 6.88. The Hall–Kier alpha value is -1.30. The normalized spacial score (nSPS) is 17.2. The minimum atomic E-state index is 1.08. The van der Waals surface area contributed by atoms with Gasteiger partial charge < -0.3 is 0 Å². The van der Waals surface area contributed by atoms with E-state index in [0.29, 0.717) is 0 Å². The van der Waals surface area contributed by atoms with E-state index in [-0.39, 0.29) is 0 Å². The SMILES string of the molecule is C=C/C=C\C(=C/CC)C1=CC=CCC1. The van der Waals surface area contributed by atoms with Crippen LogP contribution in [0.1, 0.15) is 26.2 Å². The molecular formula is C14H18. The summed E-state index contributed by atoms with van der Waals surface area (Å²) in [5.74, 6) is 0. The van der Waals surface area contributed by atoms with Gasteiger partial charge in [0.2, 0.25) is 0 Å². The summed E-state index contributed by atoms with van der Waals surface area (Å²) in [4.78, 5) is 0. The summed E-state index contributed by atoms with van der Waals surface area (Å²) < 4.78 is 0. The van der Waals surface area contributed by atoms with Crippen LogP contribution in [0.3, 0.4) is 0 Å². The molecule has 0 amide bonds. The zero-order valence-electron chi connectivity index (χ0n) is 8.87. The van der Waals surface area contributed by atoms with Crippen molar-refractivity contribution in [1.29, 1.82) is 0 Å². The first kappa shape index (κ1) is 10.8. The minimum absolute atomic E-state index is 1.08. The van der Waals surface area contributed by atoms with Crippen molar-refractivity contribution in [2.24, 2.45) is 0 Å². The van der Waals surface area contributed by atoms with Gasteiger partial charge in [-0.05, 0) is 30.4 Å². The van der Waals surface area contributed by atoms with Gasteiger partial charge in [-0.25, -0.2) is 0 Å². The third kappa shape index (κ3) is 3.21.